The van der Waals surface area contributed by atoms with E-state index in [1.165, 1.54) is 4.31 Å². The van der Waals surface area contributed by atoms with Gasteiger partial charge in [-0.2, -0.15) is 4.31 Å². The fraction of sp³-hybridized carbons (Fsp3) is 0.611. The van der Waals surface area contributed by atoms with E-state index >= 15 is 0 Å². The molecule has 2 fully saturated rings. The maximum Gasteiger partial charge on any atom is 0.246 e. The van der Waals surface area contributed by atoms with E-state index in [2.05, 4.69) is 5.32 Å². The third kappa shape index (κ3) is 4.47. The highest BCUT2D eigenvalue weighted by Gasteiger charge is 2.33. The van der Waals surface area contributed by atoms with Gasteiger partial charge in [-0.3, -0.25) is 9.69 Å². The fourth-order valence-electron chi connectivity index (χ4n) is 3.71. The van der Waals surface area contributed by atoms with Crippen molar-refractivity contribution in [3.05, 3.63) is 29.8 Å². The van der Waals surface area contributed by atoms with Gasteiger partial charge in [-0.25, -0.2) is 17.2 Å². The van der Waals surface area contributed by atoms with Gasteiger partial charge >= 0.3 is 0 Å². The number of piperazine rings is 1. The number of hydrogen-bond acceptors (Lipinski definition) is 4. The highest BCUT2D eigenvalue weighted by atomic mass is 32.2. The first-order valence-electron chi connectivity index (χ1n) is 9.28. The van der Waals surface area contributed by atoms with Gasteiger partial charge in [-0.05, 0) is 31.9 Å². The lowest BCUT2D eigenvalue weighted by molar-refractivity contribution is -0.127. The normalized spacial score (nSPS) is 21.3. The third-order valence-corrected chi connectivity index (χ3v) is 7.35. The van der Waals surface area contributed by atoms with Gasteiger partial charge in [0.25, 0.3) is 0 Å². The Kier molecular flexibility index (Phi) is 6.12. The molecular formula is C18H25F2N3O3S. The quantitative estimate of drug-likeness (QED) is 0.816. The number of carbonyl (C=O) groups is 1. The lowest BCUT2D eigenvalue weighted by Crippen LogP contribution is -2.55. The Morgan fingerprint density at radius 3 is 2.37 bits per heavy atom. The molecule has 1 aromatic rings. The van der Waals surface area contributed by atoms with Gasteiger partial charge < -0.3 is 5.32 Å². The molecule has 27 heavy (non-hydrogen) atoms. The lowest BCUT2D eigenvalue weighted by Gasteiger charge is -2.37. The van der Waals surface area contributed by atoms with Crippen LogP contribution in [0.4, 0.5) is 8.78 Å². The summed E-state index contributed by atoms with van der Waals surface area (Å²) in [7, 11) is -4.03. The first kappa shape index (κ1) is 20.2. The Hall–Kier alpha value is -1.58. The maximum atomic E-state index is 13.9. The summed E-state index contributed by atoms with van der Waals surface area (Å²) in [5, 5.41) is 3.06. The number of nitrogens with one attached hydrogen (secondary N) is 1. The second-order valence-corrected chi connectivity index (χ2v) is 9.09. The molecule has 1 amide bonds. The Bertz CT molecular complexity index is 789. The molecule has 0 bridgehead atoms. The molecule has 9 heteroatoms. The molecule has 1 aromatic carbocycles. The van der Waals surface area contributed by atoms with E-state index in [4.69, 9.17) is 0 Å². The molecule has 2 aliphatic rings. The molecule has 1 aliphatic carbocycles. The second-order valence-electron chi connectivity index (χ2n) is 7.18. The summed E-state index contributed by atoms with van der Waals surface area (Å²) < 4.78 is 53.4. The van der Waals surface area contributed by atoms with Gasteiger partial charge in [0, 0.05) is 38.3 Å². The number of sulfonamides is 1. The number of halogens is 2. The molecule has 0 radical (unpaired) electrons. The highest BCUT2D eigenvalue weighted by molar-refractivity contribution is 7.89. The highest BCUT2D eigenvalue weighted by Crippen LogP contribution is 2.22. The lowest BCUT2D eigenvalue weighted by atomic mass is 10.2. The zero-order chi connectivity index (χ0) is 19.6. The van der Waals surface area contributed by atoms with Crippen LogP contribution in [-0.4, -0.2) is 61.8 Å². The maximum absolute atomic E-state index is 13.9. The zero-order valence-corrected chi connectivity index (χ0v) is 16.1. The van der Waals surface area contributed by atoms with Crippen LogP contribution >= 0.6 is 0 Å². The Morgan fingerprint density at radius 1 is 1.15 bits per heavy atom. The molecule has 3 rings (SSSR count). The molecule has 1 heterocycles. The molecule has 1 saturated heterocycles. The fourth-order valence-corrected chi connectivity index (χ4v) is 5.18. The summed E-state index contributed by atoms with van der Waals surface area (Å²) in [6, 6.07) is 2.34. The van der Waals surface area contributed by atoms with Gasteiger partial charge in [0.1, 0.15) is 16.5 Å². The number of benzene rings is 1. The first-order valence-corrected chi connectivity index (χ1v) is 10.7. The van der Waals surface area contributed by atoms with Crippen molar-refractivity contribution in [2.24, 2.45) is 0 Å². The number of nitrogens with zero attached hydrogens (tertiary/aromatic N) is 2. The summed E-state index contributed by atoms with van der Waals surface area (Å²) in [5.74, 6) is -1.96. The molecule has 1 aliphatic heterocycles. The molecule has 0 aromatic heterocycles. The monoisotopic (exact) mass is 401 g/mol. The minimum absolute atomic E-state index is 0.0391. The summed E-state index contributed by atoms with van der Waals surface area (Å²) >= 11 is 0. The van der Waals surface area contributed by atoms with Crippen LogP contribution in [0.15, 0.2) is 23.1 Å². The molecular weight excluding hydrogens is 376 g/mol. The standard InChI is InChI=1S/C18H25F2N3O3S/c1-13(18(24)21-15-4-2-3-5-15)22-8-10-23(11-9-22)27(25,26)17-7-6-14(19)12-16(17)20/h6-7,12-13,15H,2-5,8-11H2,1H3,(H,21,24)/t13-/m1/s1. The van der Waals surface area contributed by atoms with Crippen molar-refractivity contribution in [2.75, 3.05) is 26.2 Å². The predicted molar refractivity (Wildman–Crippen MR) is 96.6 cm³/mol. The van der Waals surface area contributed by atoms with Crippen LogP contribution in [0.1, 0.15) is 32.6 Å². The molecule has 1 N–H and O–H groups in total. The van der Waals surface area contributed by atoms with Crippen LogP contribution in [0, 0.1) is 11.6 Å². The predicted octanol–water partition coefficient (Wildman–Crippen LogP) is 1.72. The summed E-state index contributed by atoms with van der Waals surface area (Å²) in [6.07, 6.45) is 4.28. The Balaban J connectivity index is 1.59. The van der Waals surface area contributed by atoms with Gasteiger partial charge in [0.2, 0.25) is 15.9 Å². The minimum atomic E-state index is -4.03. The second kappa shape index (κ2) is 8.20. The van der Waals surface area contributed by atoms with E-state index < -0.39 is 26.6 Å². The van der Waals surface area contributed by atoms with E-state index in [1.807, 2.05) is 11.8 Å². The average molecular weight is 401 g/mol. The number of amides is 1. The van der Waals surface area contributed by atoms with Crippen LogP contribution < -0.4 is 5.32 Å². The molecule has 0 spiro atoms. The Labute approximate surface area is 158 Å². The topological polar surface area (TPSA) is 69.7 Å². The van der Waals surface area contributed by atoms with Crippen molar-refractivity contribution in [1.29, 1.82) is 0 Å². The molecule has 1 saturated carbocycles. The summed E-state index contributed by atoms with van der Waals surface area (Å²) in [5.41, 5.74) is 0. The van der Waals surface area contributed by atoms with Gasteiger partial charge in [-0.1, -0.05) is 12.8 Å². The number of carbonyl (C=O) groups excluding carboxylic acids is 1. The summed E-state index contributed by atoms with van der Waals surface area (Å²) in [6.45, 7) is 2.87. The van der Waals surface area contributed by atoms with Crippen molar-refractivity contribution in [1.82, 2.24) is 14.5 Å². The van der Waals surface area contributed by atoms with Crippen molar-refractivity contribution < 1.29 is 22.0 Å². The van der Waals surface area contributed by atoms with Crippen LogP contribution in [0.2, 0.25) is 0 Å². The van der Waals surface area contributed by atoms with Crippen molar-refractivity contribution in [3.8, 4) is 0 Å². The van der Waals surface area contributed by atoms with E-state index in [0.29, 0.717) is 19.2 Å². The third-order valence-electron chi connectivity index (χ3n) is 5.41. The van der Waals surface area contributed by atoms with Crippen LogP contribution in [0.3, 0.4) is 0 Å². The Morgan fingerprint density at radius 2 is 1.78 bits per heavy atom. The van der Waals surface area contributed by atoms with Crippen molar-refractivity contribution in [3.63, 3.8) is 0 Å². The van der Waals surface area contributed by atoms with Crippen LogP contribution in [-0.2, 0) is 14.8 Å². The minimum Gasteiger partial charge on any atom is -0.352 e. The van der Waals surface area contributed by atoms with Crippen LogP contribution in [0.5, 0.6) is 0 Å². The number of hydrogen-bond donors (Lipinski definition) is 1. The van der Waals surface area contributed by atoms with E-state index in [-0.39, 0.29) is 31.1 Å². The summed E-state index contributed by atoms with van der Waals surface area (Å²) in [4.78, 5) is 13.8. The van der Waals surface area contributed by atoms with E-state index in [0.717, 1.165) is 37.8 Å². The zero-order valence-electron chi connectivity index (χ0n) is 15.3. The van der Waals surface area contributed by atoms with Gasteiger partial charge in [-0.15, -0.1) is 0 Å². The molecule has 0 unspecified atom stereocenters. The van der Waals surface area contributed by atoms with Crippen molar-refractivity contribution >= 4 is 15.9 Å². The number of rotatable bonds is 5. The van der Waals surface area contributed by atoms with Gasteiger partial charge in [0.15, 0.2) is 0 Å². The molecule has 150 valence electrons. The van der Waals surface area contributed by atoms with Crippen molar-refractivity contribution in [2.45, 2.75) is 49.6 Å². The van der Waals surface area contributed by atoms with Gasteiger partial charge in [0.05, 0.1) is 6.04 Å². The molecule has 1 atom stereocenters. The average Bonchev–Trinajstić information content (AvgIpc) is 3.14. The first-order chi connectivity index (χ1) is 12.8. The van der Waals surface area contributed by atoms with Crippen LogP contribution in [0.25, 0.3) is 0 Å². The van der Waals surface area contributed by atoms with E-state index in [1.54, 1.807) is 0 Å². The van der Waals surface area contributed by atoms with E-state index in [9.17, 15) is 22.0 Å². The smallest absolute Gasteiger partial charge is 0.246 e. The molecule has 6 nitrogen and oxygen atoms in total. The largest absolute Gasteiger partial charge is 0.352 e. The SMILES string of the molecule is C[C@H](C(=O)NC1CCCC1)N1CCN(S(=O)(=O)c2ccc(F)cc2F)CC1.